The topological polar surface area (TPSA) is 59.1 Å². The zero-order chi connectivity index (χ0) is 9.84. The van der Waals surface area contributed by atoms with Crippen LogP contribution in [0.5, 0.6) is 0 Å². The molecule has 68 valence electrons. The van der Waals surface area contributed by atoms with Gasteiger partial charge in [-0.2, -0.15) is 0 Å². The Hall–Kier alpha value is -1.49. The van der Waals surface area contributed by atoms with E-state index in [1.54, 1.807) is 12.3 Å². The van der Waals surface area contributed by atoms with Crippen LogP contribution in [0.3, 0.4) is 0 Å². The highest BCUT2D eigenvalue weighted by Gasteiger charge is 2.08. The lowest BCUT2D eigenvalue weighted by Gasteiger charge is -1.97. The highest BCUT2D eigenvalue weighted by molar-refractivity contribution is 7.09. The summed E-state index contributed by atoms with van der Waals surface area (Å²) in [5, 5.41) is 4.74. The van der Waals surface area contributed by atoms with Gasteiger partial charge >= 0.3 is 0 Å². The number of thiazole rings is 1. The maximum absolute atomic E-state index is 11.2. The van der Waals surface area contributed by atoms with Gasteiger partial charge in [-0.15, -0.1) is 11.3 Å². The SMILES string of the molecule is C=C(C=O)NC(=O)c1csc(C)n1. The number of amides is 1. The van der Waals surface area contributed by atoms with Crippen LogP contribution in [0, 0.1) is 6.92 Å². The van der Waals surface area contributed by atoms with Crippen LogP contribution < -0.4 is 5.32 Å². The minimum Gasteiger partial charge on any atom is -0.318 e. The van der Waals surface area contributed by atoms with Gasteiger partial charge in [0.1, 0.15) is 5.69 Å². The molecule has 0 unspecified atom stereocenters. The van der Waals surface area contributed by atoms with E-state index in [0.29, 0.717) is 12.0 Å². The lowest BCUT2D eigenvalue weighted by atomic mass is 10.4. The van der Waals surface area contributed by atoms with Crippen LogP contribution in [0.2, 0.25) is 0 Å². The Morgan fingerprint density at radius 2 is 2.46 bits per heavy atom. The van der Waals surface area contributed by atoms with Crippen molar-refractivity contribution < 1.29 is 9.59 Å². The molecule has 0 aliphatic carbocycles. The summed E-state index contributed by atoms with van der Waals surface area (Å²) in [6.07, 6.45) is 0.483. The highest BCUT2D eigenvalue weighted by Crippen LogP contribution is 2.07. The zero-order valence-electron chi connectivity index (χ0n) is 7.03. The van der Waals surface area contributed by atoms with Crippen LogP contribution in [0.25, 0.3) is 0 Å². The van der Waals surface area contributed by atoms with Gasteiger partial charge in [0.25, 0.3) is 5.91 Å². The van der Waals surface area contributed by atoms with Gasteiger partial charge < -0.3 is 5.32 Å². The van der Waals surface area contributed by atoms with E-state index in [-0.39, 0.29) is 5.70 Å². The minimum atomic E-state index is -0.401. The number of allylic oxidation sites excluding steroid dienone is 1. The van der Waals surface area contributed by atoms with Crippen molar-refractivity contribution in [3.63, 3.8) is 0 Å². The number of carbonyl (C=O) groups excluding carboxylic acids is 2. The predicted octanol–water partition coefficient (Wildman–Crippen LogP) is 0.894. The largest absolute Gasteiger partial charge is 0.318 e. The van der Waals surface area contributed by atoms with Crippen molar-refractivity contribution in [3.8, 4) is 0 Å². The van der Waals surface area contributed by atoms with E-state index >= 15 is 0 Å². The number of nitrogens with one attached hydrogen (secondary N) is 1. The summed E-state index contributed by atoms with van der Waals surface area (Å²) in [5.41, 5.74) is 0.348. The molecule has 5 heteroatoms. The molecule has 1 aromatic heterocycles. The van der Waals surface area contributed by atoms with Gasteiger partial charge in [0.15, 0.2) is 6.29 Å². The van der Waals surface area contributed by atoms with Crippen molar-refractivity contribution in [1.82, 2.24) is 10.3 Å². The molecular weight excluding hydrogens is 188 g/mol. The first-order chi connectivity index (χ1) is 6.13. The first kappa shape index (κ1) is 9.60. The number of carbonyl (C=O) groups is 2. The molecule has 1 amide bonds. The quantitative estimate of drug-likeness (QED) is 0.577. The molecular formula is C8H8N2O2S. The van der Waals surface area contributed by atoms with Crippen molar-refractivity contribution in [3.05, 3.63) is 28.4 Å². The van der Waals surface area contributed by atoms with Crippen LogP contribution in [0.1, 0.15) is 15.5 Å². The van der Waals surface area contributed by atoms with Gasteiger partial charge in [-0.05, 0) is 6.92 Å². The first-order valence-electron chi connectivity index (χ1n) is 3.51. The molecule has 0 aromatic carbocycles. The van der Waals surface area contributed by atoms with Crippen LogP contribution in [-0.2, 0) is 4.79 Å². The van der Waals surface area contributed by atoms with Gasteiger partial charge in [0.05, 0.1) is 10.7 Å². The summed E-state index contributed by atoms with van der Waals surface area (Å²) in [7, 11) is 0. The maximum Gasteiger partial charge on any atom is 0.275 e. The number of hydrogen-bond acceptors (Lipinski definition) is 4. The van der Waals surface area contributed by atoms with Gasteiger partial charge in [-0.25, -0.2) is 4.98 Å². The Morgan fingerprint density at radius 3 is 2.92 bits per heavy atom. The number of aryl methyl sites for hydroxylation is 1. The third-order valence-electron chi connectivity index (χ3n) is 1.27. The zero-order valence-corrected chi connectivity index (χ0v) is 7.85. The van der Waals surface area contributed by atoms with Gasteiger partial charge in [0, 0.05) is 5.38 Å². The van der Waals surface area contributed by atoms with Crippen LogP contribution in [-0.4, -0.2) is 17.2 Å². The Morgan fingerprint density at radius 1 is 1.77 bits per heavy atom. The molecule has 0 saturated heterocycles. The fourth-order valence-electron chi connectivity index (χ4n) is 0.707. The third-order valence-corrected chi connectivity index (χ3v) is 2.04. The van der Waals surface area contributed by atoms with E-state index < -0.39 is 5.91 Å². The van der Waals surface area contributed by atoms with E-state index in [1.165, 1.54) is 11.3 Å². The summed E-state index contributed by atoms with van der Waals surface area (Å²) in [6.45, 7) is 5.12. The Bertz CT molecular complexity index is 357. The van der Waals surface area contributed by atoms with Crippen molar-refractivity contribution in [1.29, 1.82) is 0 Å². The van der Waals surface area contributed by atoms with Crippen molar-refractivity contribution in [2.24, 2.45) is 0 Å². The lowest BCUT2D eigenvalue weighted by molar-refractivity contribution is -0.105. The van der Waals surface area contributed by atoms with E-state index in [4.69, 9.17) is 0 Å². The second kappa shape index (κ2) is 3.95. The van der Waals surface area contributed by atoms with Gasteiger partial charge in [-0.1, -0.05) is 6.58 Å². The fourth-order valence-corrected chi connectivity index (χ4v) is 1.30. The number of rotatable bonds is 3. The van der Waals surface area contributed by atoms with Crippen molar-refractivity contribution >= 4 is 23.5 Å². The molecule has 0 fully saturated rings. The van der Waals surface area contributed by atoms with E-state index in [1.807, 2.05) is 0 Å². The van der Waals surface area contributed by atoms with E-state index in [2.05, 4.69) is 16.9 Å². The normalized spacial score (nSPS) is 9.31. The molecule has 0 aliphatic rings. The molecule has 0 radical (unpaired) electrons. The van der Waals surface area contributed by atoms with E-state index in [9.17, 15) is 9.59 Å². The summed E-state index contributed by atoms with van der Waals surface area (Å²) in [4.78, 5) is 25.3. The van der Waals surface area contributed by atoms with Crippen LogP contribution in [0.15, 0.2) is 17.7 Å². The van der Waals surface area contributed by atoms with Gasteiger partial charge in [0.2, 0.25) is 0 Å². The average Bonchev–Trinajstić information content (AvgIpc) is 2.51. The van der Waals surface area contributed by atoms with Crippen LogP contribution in [0.4, 0.5) is 0 Å². The monoisotopic (exact) mass is 196 g/mol. The predicted molar refractivity (Wildman–Crippen MR) is 49.5 cm³/mol. The summed E-state index contributed by atoms with van der Waals surface area (Å²) in [5.74, 6) is -0.401. The summed E-state index contributed by atoms with van der Waals surface area (Å²) in [6, 6.07) is 0. The maximum atomic E-state index is 11.2. The fraction of sp³-hybridized carbons (Fsp3) is 0.125. The average molecular weight is 196 g/mol. The smallest absolute Gasteiger partial charge is 0.275 e. The minimum absolute atomic E-state index is 0.0376. The second-order valence-electron chi connectivity index (χ2n) is 2.35. The number of aromatic nitrogens is 1. The van der Waals surface area contributed by atoms with Gasteiger partial charge in [-0.3, -0.25) is 9.59 Å². The van der Waals surface area contributed by atoms with E-state index in [0.717, 1.165) is 5.01 Å². The molecule has 0 saturated carbocycles. The third kappa shape index (κ3) is 2.48. The standard InChI is InChI=1S/C8H8N2O2S/c1-5(3-11)9-8(12)7-4-13-6(2)10-7/h3-4H,1H2,2H3,(H,9,12). The molecule has 0 spiro atoms. The Kier molecular flexibility index (Phi) is 2.92. The molecule has 4 nitrogen and oxygen atoms in total. The summed E-state index contributed by atoms with van der Waals surface area (Å²) >= 11 is 1.38. The molecule has 0 aliphatic heterocycles. The van der Waals surface area contributed by atoms with Crippen molar-refractivity contribution in [2.45, 2.75) is 6.92 Å². The molecule has 1 aromatic rings. The number of aldehydes is 1. The number of nitrogens with zero attached hydrogens (tertiary/aromatic N) is 1. The summed E-state index contributed by atoms with van der Waals surface area (Å²) < 4.78 is 0. The highest BCUT2D eigenvalue weighted by atomic mass is 32.1. The van der Waals surface area contributed by atoms with Crippen LogP contribution >= 0.6 is 11.3 Å². The molecule has 1 N–H and O–H groups in total. The molecule has 13 heavy (non-hydrogen) atoms. The second-order valence-corrected chi connectivity index (χ2v) is 3.41. The molecule has 0 bridgehead atoms. The Balaban J connectivity index is 2.69. The Labute approximate surface area is 79.3 Å². The molecule has 1 rings (SSSR count). The first-order valence-corrected chi connectivity index (χ1v) is 4.39. The number of hydrogen-bond donors (Lipinski definition) is 1. The molecule has 0 atom stereocenters. The van der Waals surface area contributed by atoms with Crippen molar-refractivity contribution in [2.75, 3.05) is 0 Å². The lowest BCUT2D eigenvalue weighted by Crippen LogP contribution is -2.23. The molecule has 1 heterocycles.